The summed E-state index contributed by atoms with van der Waals surface area (Å²) < 4.78 is 7.21. The average molecular weight is 333 g/mol. The van der Waals surface area contributed by atoms with Crippen molar-refractivity contribution in [3.63, 3.8) is 0 Å². The van der Waals surface area contributed by atoms with Crippen molar-refractivity contribution >= 4 is 5.65 Å². The molecule has 0 saturated carbocycles. The Kier molecular flexibility index (Phi) is 4.18. The maximum absolute atomic E-state index is 9.11. The quantitative estimate of drug-likeness (QED) is 0.736. The lowest BCUT2D eigenvalue weighted by Crippen LogP contribution is -2.35. The van der Waals surface area contributed by atoms with Crippen molar-refractivity contribution in [2.45, 2.75) is 13.5 Å². The molecule has 3 aromatic rings. The van der Waals surface area contributed by atoms with Crippen molar-refractivity contribution in [3.05, 3.63) is 53.3 Å². The molecular formula is C19H19N5O. The smallest absolute Gasteiger partial charge is 0.158 e. The SMILES string of the molecule is Cc1c(-c2cccc(C#N)c2)nn2ccc(CN3CCOCC3)nc12. The van der Waals surface area contributed by atoms with Crippen LogP contribution in [0, 0.1) is 18.3 Å². The van der Waals surface area contributed by atoms with E-state index in [2.05, 4.69) is 16.1 Å². The van der Waals surface area contributed by atoms with E-state index in [1.165, 1.54) is 0 Å². The summed E-state index contributed by atoms with van der Waals surface area (Å²) in [6, 6.07) is 11.7. The van der Waals surface area contributed by atoms with Gasteiger partial charge in [0.25, 0.3) is 0 Å². The maximum Gasteiger partial charge on any atom is 0.158 e. The number of morpholine rings is 1. The van der Waals surface area contributed by atoms with Gasteiger partial charge in [-0.15, -0.1) is 0 Å². The number of rotatable bonds is 3. The Morgan fingerprint density at radius 2 is 2.08 bits per heavy atom. The molecule has 0 spiro atoms. The molecule has 0 N–H and O–H groups in total. The Balaban J connectivity index is 1.68. The molecular weight excluding hydrogens is 314 g/mol. The molecule has 6 heteroatoms. The van der Waals surface area contributed by atoms with Gasteiger partial charge < -0.3 is 4.74 Å². The summed E-state index contributed by atoms with van der Waals surface area (Å²) in [6.07, 6.45) is 1.96. The van der Waals surface area contributed by atoms with Crippen molar-refractivity contribution in [1.82, 2.24) is 19.5 Å². The lowest BCUT2D eigenvalue weighted by Gasteiger charge is -2.26. The van der Waals surface area contributed by atoms with Crippen LogP contribution >= 0.6 is 0 Å². The Bertz CT molecular complexity index is 950. The molecule has 1 aromatic carbocycles. The highest BCUT2D eigenvalue weighted by molar-refractivity contribution is 5.71. The van der Waals surface area contributed by atoms with Crippen LogP contribution in [0.2, 0.25) is 0 Å². The second-order valence-electron chi connectivity index (χ2n) is 6.24. The second kappa shape index (κ2) is 6.63. The van der Waals surface area contributed by atoms with Gasteiger partial charge in [-0.1, -0.05) is 12.1 Å². The summed E-state index contributed by atoms with van der Waals surface area (Å²) in [5, 5.41) is 13.8. The fourth-order valence-electron chi connectivity index (χ4n) is 3.16. The van der Waals surface area contributed by atoms with Crippen molar-refractivity contribution in [1.29, 1.82) is 5.26 Å². The van der Waals surface area contributed by atoms with Crippen LogP contribution in [0.1, 0.15) is 16.8 Å². The van der Waals surface area contributed by atoms with Gasteiger partial charge >= 0.3 is 0 Å². The molecule has 126 valence electrons. The number of nitriles is 1. The highest BCUT2D eigenvalue weighted by Gasteiger charge is 2.15. The minimum Gasteiger partial charge on any atom is -0.379 e. The summed E-state index contributed by atoms with van der Waals surface area (Å²) in [5.74, 6) is 0. The van der Waals surface area contributed by atoms with Crippen molar-refractivity contribution < 1.29 is 4.74 Å². The van der Waals surface area contributed by atoms with E-state index in [-0.39, 0.29) is 0 Å². The van der Waals surface area contributed by atoms with Crippen LogP contribution in [0.4, 0.5) is 0 Å². The minimum atomic E-state index is 0.634. The van der Waals surface area contributed by atoms with E-state index in [1.54, 1.807) is 6.07 Å². The lowest BCUT2D eigenvalue weighted by atomic mass is 10.1. The van der Waals surface area contributed by atoms with Gasteiger partial charge in [-0.2, -0.15) is 10.4 Å². The number of nitrogens with zero attached hydrogens (tertiary/aromatic N) is 5. The molecule has 1 aliphatic rings. The Morgan fingerprint density at radius 1 is 1.24 bits per heavy atom. The summed E-state index contributed by atoms with van der Waals surface area (Å²) in [6.45, 7) is 6.31. The first-order valence-corrected chi connectivity index (χ1v) is 8.40. The summed E-state index contributed by atoms with van der Waals surface area (Å²) >= 11 is 0. The van der Waals surface area contributed by atoms with Gasteiger partial charge in [-0.05, 0) is 25.1 Å². The van der Waals surface area contributed by atoms with Crippen LogP contribution in [-0.2, 0) is 11.3 Å². The molecule has 1 aliphatic heterocycles. The third-order valence-corrected chi connectivity index (χ3v) is 4.53. The average Bonchev–Trinajstić information content (AvgIpc) is 2.99. The second-order valence-corrected chi connectivity index (χ2v) is 6.24. The van der Waals surface area contributed by atoms with E-state index in [0.29, 0.717) is 5.56 Å². The molecule has 2 aromatic heterocycles. The molecule has 6 nitrogen and oxygen atoms in total. The highest BCUT2D eigenvalue weighted by atomic mass is 16.5. The zero-order chi connectivity index (χ0) is 17.2. The van der Waals surface area contributed by atoms with Crippen LogP contribution in [-0.4, -0.2) is 45.8 Å². The zero-order valence-electron chi connectivity index (χ0n) is 14.1. The lowest BCUT2D eigenvalue weighted by molar-refractivity contribution is 0.0336. The number of aryl methyl sites for hydroxylation is 1. The molecule has 25 heavy (non-hydrogen) atoms. The van der Waals surface area contributed by atoms with Gasteiger partial charge in [0, 0.05) is 37.0 Å². The topological polar surface area (TPSA) is 66.5 Å². The highest BCUT2D eigenvalue weighted by Crippen LogP contribution is 2.25. The molecule has 0 unspecified atom stereocenters. The molecule has 0 bridgehead atoms. The number of aromatic nitrogens is 3. The summed E-state index contributed by atoms with van der Waals surface area (Å²) in [7, 11) is 0. The van der Waals surface area contributed by atoms with Crippen LogP contribution in [0.25, 0.3) is 16.9 Å². The van der Waals surface area contributed by atoms with Crippen LogP contribution in [0.3, 0.4) is 0 Å². The van der Waals surface area contributed by atoms with Gasteiger partial charge in [0.1, 0.15) is 0 Å². The number of hydrogen-bond donors (Lipinski definition) is 0. The van der Waals surface area contributed by atoms with Gasteiger partial charge in [0.2, 0.25) is 0 Å². The minimum absolute atomic E-state index is 0.634. The molecule has 4 rings (SSSR count). The molecule has 3 heterocycles. The number of fused-ring (bicyclic) bond motifs is 1. The molecule has 0 radical (unpaired) electrons. The van der Waals surface area contributed by atoms with E-state index < -0.39 is 0 Å². The third-order valence-electron chi connectivity index (χ3n) is 4.53. The van der Waals surface area contributed by atoms with E-state index in [1.807, 2.05) is 41.9 Å². The summed E-state index contributed by atoms with van der Waals surface area (Å²) in [5.41, 5.74) is 5.37. The first-order valence-electron chi connectivity index (χ1n) is 8.40. The standard InChI is InChI=1S/C19H19N5O/c1-14-18(16-4-2-3-15(11-16)12-20)22-24-6-5-17(21-19(14)24)13-23-7-9-25-10-8-23/h2-6,11H,7-10,13H2,1H3. The van der Waals surface area contributed by atoms with Crippen molar-refractivity contribution in [2.24, 2.45) is 0 Å². The normalized spacial score (nSPS) is 15.4. The van der Waals surface area contributed by atoms with Crippen LogP contribution < -0.4 is 0 Å². The van der Waals surface area contributed by atoms with Gasteiger partial charge in [0.05, 0.1) is 36.2 Å². The largest absolute Gasteiger partial charge is 0.379 e. The Morgan fingerprint density at radius 3 is 2.88 bits per heavy atom. The molecule has 0 atom stereocenters. The predicted molar refractivity (Wildman–Crippen MR) is 94.0 cm³/mol. The predicted octanol–water partition coefficient (Wildman–Crippen LogP) is 2.41. The van der Waals surface area contributed by atoms with Crippen molar-refractivity contribution in [2.75, 3.05) is 26.3 Å². The van der Waals surface area contributed by atoms with Gasteiger partial charge in [-0.3, -0.25) is 4.90 Å². The molecule has 0 aliphatic carbocycles. The molecule has 0 amide bonds. The third kappa shape index (κ3) is 3.12. The van der Waals surface area contributed by atoms with E-state index in [0.717, 1.165) is 61.0 Å². The van der Waals surface area contributed by atoms with E-state index >= 15 is 0 Å². The van der Waals surface area contributed by atoms with E-state index in [9.17, 15) is 0 Å². The molecule has 1 fully saturated rings. The Labute approximate surface area is 146 Å². The van der Waals surface area contributed by atoms with E-state index in [4.69, 9.17) is 15.0 Å². The van der Waals surface area contributed by atoms with Crippen LogP contribution in [0.5, 0.6) is 0 Å². The zero-order valence-corrected chi connectivity index (χ0v) is 14.1. The van der Waals surface area contributed by atoms with Gasteiger partial charge in [-0.25, -0.2) is 9.50 Å². The van der Waals surface area contributed by atoms with Crippen LogP contribution in [0.15, 0.2) is 36.5 Å². The fraction of sp³-hybridized carbons (Fsp3) is 0.316. The van der Waals surface area contributed by atoms with Crippen molar-refractivity contribution in [3.8, 4) is 17.3 Å². The summed E-state index contributed by atoms with van der Waals surface area (Å²) in [4.78, 5) is 7.16. The number of benzene rings is 1. The monoisotopic (exact) mass is 333 g/mol. The van der Waals surface area contributed by atoms with Gasteiger partial charge in [0.15, 0.2) is 5.65 Å². The fourth-order valence-corrected chi connectivity index (χ4v) is 3.16. The first-order chi connectivity index (χ1) is 12.2. The molecule has 1 saturated heterocycles. The maximum atomic E-state index is 9.11. The first kappa shape index (κ1) is 15.8. The number of hydrogen-bond acceptors (Lipinski definition) is 5. The Hall–Kier alpha value is -2.75. The number of ether oxygens (including phenoxy) is 1.